The van der Waals surface area contributed by atoms with Crippen molar-refractivity contribution in [1.29, 1.82) is 5.26 Å². The molecule has 0 radical (unpaired) electrons. The maximum absolute atomic E-state index is 12.3. The van der Waals surface area contributed by atoms with Crippen LogP contribution in [-0.4, -0.2) is 47.8 Å². The largest absolute Gasteiger partial charge is 0.374 e. The second kappa shape index (κ2) is 9.07. The number of amides is 2. The predicted molar refractivity (Wildman–Crippen MR) is 96.7 cm³/mol. The summed E-state index contributed by atoms with van der Waals surface area (Å²) >= 11 is 0. The number of likely N-dealkylation sites (tertiary alicyclic amines) is 1. The van der Waals surface area contributed by atoms with Crippen molar-refractivity contribution >= 4 is 17.5 Å². The van der Waals surface area contributed by atoms with Crippen molar-refractivity contribution in [2.45, 2.75) is 45.2 Å². The average Bonchev–Trinajstić information content (AvgIpc) is 2.61. The van der Waals surface area contributed by atoms with Gasteiger partial charge in [-0.05, 0) is 37.5 Å². The van der Waals surface area contributed by atoms with E-state index in [9.17, 15) is 9.59 Å². The van der Waals surface area contributed by atoms with Gasteiger partial charge < -0.3 is 15.1 Å². The molecule has 0 spiro atoms. The highest BCUT2D eigenvalue weighted by Gasteiger charge is 2.19. The van der Waals surface area contributed by atoms with E-state index in [0.717, 1.165) is 30.6 Å². The van der Waals surface area contributed by atoms with Gasteiger partial charge in [-0.15, -0.1) is 0 Å². The summed E-state index contributed by atoms with van der Waals surface area (Å²) < 4.78 is 0. The molecule has 6 nitrogen and oxygen atoms in total. The maximum Gasteiger partial charge on any atom is 0.244 e. The van der Waals surface area contributed by atoms with Gasteiger partial charge in [0.1, 0.15) is 6.04 Å². The van der Waals surface area contributed by atoms with E-state index >= 15 is 0 Å². The van der Waals surface area contributed by atoms with E-state index in [1.165, 1.54) is 0 Å². The zero-order valence-electron chi connectivity index (χ0n) is 15.0. The van der Waals surface area contributed by atoms with Crippen LogP contribution in [0.2, 0.25) is 0 Å². The molecular weight excluding hydrogens is 316 g/mol. The van der Waals surface area contributed by atoms with Crippen LogP contribution in [0.25, 0.3) is 0 Å². The van der Waals surface area contributed by atoms with Crippen LogP contribution in [0, 0.1) is 11.3 Å². The van der Waals surface area contributed by atoms with E-state index in [-0.39, 0.29) is 17.9 Å². The van der Waals surface area contributed by atoms with Crippen LogP contribution in [0.1, 0.15) is 38.2 Å². The molecule has 1 heterocycles. The Morgan fingerprint density at radius 3 is 2.96 bits per heavy atom. The molecule has 6 heteroatoms. The third-order valence-corrected chi connectivity index (χ3v) is 4.41. The summed E-state index contributed by atoms with van der Waals surface area (Å²) in [6.07, 6.45) is 3.01. The lowest BCUT2D eigenvalue weighted by atomic mass is 10.1. The Hall–Kier alpha value is -2.55. The van der Waals surface area contributed by atoms with Gasteiger partial charge in [-0.2, -0.15) is 5.26 Å². The summed E-state index contributed by atoms with van der Waals surface area (Å²) in [7, 11) is 1.70. The molecule has 1 atom stereocenters. The molecule has 25 heavy (non-hydrogen) atoms. The second-order valence-electron chi connectivity index (χ2n) is 6.51. The van der Waals surface area contributed by atoms with Gasteiger partial charge in [0, 0.05) is 38.8 Å². The summed E-state index contributed by atoms with van der Waals surface area (Å²) in [6.45, 7) is 3.67. The maximum atomic E-state index is 12.3. The highest BCUT2D eigenvalue weighted by Crippen LogP contribution is 2.17. The number of carbonyl (C=O) groups is 2. The van der Waals surface area contributed by atoms with E-state index in [1.807, 2.05) is 42.2 Å². The molecule has 1 aliphatic rings. The van der Waals surface area contributed by atoms with E-state index in [2.05, 4.69) is 5.32 Å². The highest BCUT2D eigenvalue weighted by molar-refractivity contribution is 5.84. The van der Waals surface area contributed by atoms with Gasteiger partial charge in [0.2, 0.25) is 11.8 Å². The third-order valence-electron chi connectivity index (χ3n) is 4.41. The van der Waals surface area contributed by atoms with Crippen molar-refractivity contribution in [3.8, 4) is 6.07 Å². The average molecular weight is 342 g/mol. The van der Waals surface area contributed by atoms with Crippen LogP contribution in [-0.2, 0) is 16.1 Å². The molecule has 1 N–H and O–H groups in total. The second-order valence-corrected chi connectivity index (χ2v) is 6.51. The molecular formula is C19H26N4O2. The molecule has 0 bridgehead atoms. The first-order valence-electron chi connectivity index (χ1n) is 8.76. The van der Waals surface area contributed by atoms with E-state index < -0.39 is 0 Å². The van der Waals surface area contributed by atoms with Gasteiger partial charge in [-0.25, -0.2) is 0 Å². The molecule has 1 aliphatic heterocycles. The van der Waals surface area contributed by atoms with Gasteiger partial charge in [-0.3, -0.25) is 9.59 Å². The van der Waals surface area contributed by atoms with Crippen molar-refractivity contribution in [3.63, 3.8) is 0 Å². The van der Waals surface area contributed by atoms with E-state index in [4.69, 9.17) is 5.26 Å². The predicted octanol–water partition coefficient (Wildman–Crippen LogP) is 2.37. The van der Waals surface area contributed by atoms with Gasteiger partial charge in [0.25, 0.3) is 0 Å². The SMILES string of the molecule is C[C@H](Nc1cccc(CN2CCCCC2=O)c1)C(=O)N(C)CCC#N. The number of piperidine rings is 1. The fourth-order valence-corrected chi connectivity index (χ4v) is 2.98. The van der Waals surface area contributed by atoms with Crippen molar-refractivity contribution < 1.29 is 9.59 Å². The van der Waals surface area contributed by atoms with Crippen molar-refractivity contribution in [2.24, 2.45) is 0 Å². The molecule has 2 rings (SSSR count). The lowest BCUT2D eigenvalue weighted by Gasteiger charge is -2.27. The topological polar surface area (TPSA) is 76.4 Å². The van der Waals surface area contributed by atoms with Crippen LogP contribution in [0.4, 0.5) is 5.69 Å². The fourth-order valence-electron chi connectivity index (χ4n) is 2.98. The van der Waals surface area contributed by atoms with Crippen LogP contribution < -0.4 is 5.32 Å². The minimum absolute atomic E-state index is 0.0492. The Morgan fingerprint density at radius 2 is 2.24 bits per heavy atom. The summed E-state index contributed by atoms with van der Waals surface area (Å²) in [5, 5.41) is 11.8. The lowest BCUT2D eigenvalue weighted by molar-refractivity contribution is -0.134. The fraction of sp³-hybridized carbons (Fsp3) is 0.526. The summed E-state index contributed by atoms with van der Waals surface area (Å²) in [5.74, 6) is 0.166. The Balaban J connectivity index is 1.95. The van der Waals surface area contributed by atoms with Crippen LogP contribution >= 0.6 is 0 Å². The number of hydrogen-bond acceptors (Lipinski definition) is 4. The number of likely N-dealkylation sites (N-methyl/N-ethyl adjacent to an activating group) is 1. The highest BCUT2D eigenvalue weighted by atomic mass is 16.2. The van der Waals surface area contributed by atoms with Crippen molar-refractivity contribution in [3.05, 3.63) is 29.8 Å². The molecule has 1 fully saturated rings. The zero-order chi connectivity index (χ0) is 18.2. The molecule has 0 saturated carbocycles. The van der Waals surface area contributed by atoms with Crippen LogP contribution in [0.3, 0.4) is 0 Å². The van der Waals surface area contributed by atoms with E-state index in [0.29, 0.717) is 25.9 Å². The monoisotopic (exact) mass is 342 g/mol. The number of benzene rings is 1. The molecule has 1 saturated heterocycles. The first-order chi connectivity index (χ1) is 12.0. The molecule has 1 aromatic carbocycles. The first kappa shape index (κ1) is 18.8. The Morgan fingerprint density at radius 1 is 1.44 bits per heavy atom. The van der Waals surface area contributed by atoms with Gasteiger partial charge in [-0.1, -0.05) is 12.1 Å². The number of nitrogens with zero attached hydrogens (tertiary/aromatic N) is 3. The molecule has 134 valence electrons. The normalized spacial score (nSPS) is 15.4. The van der Waals surface area contributed by atoms with Gasteiger partial charge >= 0.3 is 0 Å². The molecule has 0 aromatic heterocycles. The number of nitrogens with one attached hydrogen (secondary N) is 1. The number of carbonyl (C=O) groups excluding carboxylic acids is 2. The van der Waals surface area contributed by atoms with E-state index in [1.54, 1.807) is 11.9 Å². The number of rotatable bonds is 7. The van der Waals surface area contributed by atoms with Crippen LogP contribution in [0.5, 0.6) is 0 Å². The minimum atomic E-state index is -0.379. The first-order valence-corrected chi connectivity index (χ1v) is 8.76. The van der Waals surface area contributed by atoms with Gasteiger partial charge in [0.15, 0.2) is 0 Å². The summed E-state index contributed by atoms with van der Waals surface area (Å²) in [6, 6.07) is 9.50. The van der Waals surface area contributed by atoms with Crippen LogP contribution in [0.15, 0.2) is 24.3 Å². The summed E-state index contributed by atoms with van der Waals surface area (Å²) in [5.41, 5.74) is 1.91. The Kier molecular flexibility index (Phi) is 6.81. The molecule has 0 unspecified atom stereocenters. The van der Waals surface area contributed by atoms with Crippen molar-refractivity contribution in [2.75, 3.05) is 25.5 Å². The Bertz CT molecular complexity index is 653. The minimum Gasteiger partial charge on any atom is -0.374 e. The molecule has 2 amide bonds. The molecule has 1 aromatic rings. The standard InChI is InChI=1S/C19H26N4O2/c1-15(19(25)22(2)11-6-10-20)21-17-8-5-7-16(13-17)14-23-12-4-3-9-18(23)24/h5,7-8,13,15,21H,3-4,6,9,11-12,14H2,1-2H3/t15-/m0/s1. The quantitative estimate of drug-likeness (QED) is 0.825. The lowest BCUT2D eigenvalue weighted by Crippen LogP contribution is -2.39. The van der Waals surface area contributed by atoms with Gasteiger partial charge in [0.05, 0.1) is 12.5 Å². The number of anilines is 1. The van der Waals surface area contributed by atoms with Crippen molar-refractivity contribution in [1.82, 2.24) is 9.80 Å². The Labute approximate surface area is 149 Å². The third kappa shape index (κ3) is 5.49. The number of nitriles is 1. The smallest absolute Gasteiger partial charge is 0.244 e. The summed E-state index contributed by atoms with van der Waals surface area (Å²) in [4.78, 5) is 27.7. The number of hydrogen-bond donors (Lipinski definition) is 1. The zero-order valence-corrected chi connectivity index (χ0v) is 15.0. The molecule has 0 aliphatic carbocycles.